The van der Waals surface area contributed by atoms with Gasteiger partial charge in [-0.1, -0.05) is 20.3 Å². The molecule has 0 N–H and O–H groups in total. The van der Waals surface area contributed by atoms with E-state index < -0.39 is 0 Å². The first-order chi connectivity index (χ1) is 10.4. The second-order valence-corrected chi connectivity index (χ2v) is 6.13. The van der Waals surface area contributed by atoms with Gasteiger partial charge in [-0.2, -0.15) is 0 Å². The van der Waals surface area contributed by atoms with E-state index in [4.69, 9.17) is 14.2 Å². The first kappa shape index (κ1) is 18.9. The first-order valence-corrected chi connectivity index (χ1v) is 8.39. The van der Waals surface area contributed by atoms with Crippen LogP contribution in [0.2, 0.25) is 0 Å². The second kappa shape index (κ2) is 9.13. The molecule has 1 heterocycles. The average molecular weight is 314 g/mol. The number of rotatable bonds is 8. The third-order valence-corrected chi connectivity index (χ3v) is 4.36. The fourth-order valence-corrected chi connectivity index (χ4v) is 3.04. The number of esters is 2. The molecule has 0 aromatic rings. The van der Waals surface area contributed by atoms with Gasteiger partial charge in [-0.05, 0) is 33.1 Å². The van der Waals surface area contributed by atoms with Crippen LogP contribution in [0.3, 0.4) is 0 Å². The summed E-state index contributed by atoms with van der Waals surface area (Å²) in [7, 11) is 0. The quantitative estimate of drug-likeness (QED) is 0.644. The van der Waals surface area contributed by atoms with Crippen LogP contribution in [0.25, 0.3) is 0 Å². The SMILES string of the molecule is CCC[C@H](OC(C)=O)[C@H](C)[C@@H]1CC[C@H]([C@H](C)C(=O)OCC)O1. The standard InChI is InChI=1S/C17H30O5/c1-6-8-14(21-13(5)18)11(3)15-9-10-16(22-15)12(4)17(19)20-7-2/h11-12,14-16H,6-10H2,1-5H3/t11-,12-,14-,15-,16+/m0/s1. The van der Waals surface area contributed by atoms with Crippen molar-refractivity contribution in [2.24, 2.45) is 11.8 Å². The van der Waals surface area contributed by atoms with Gasteiger partial charge in [0.15, 0.2) is 0 Å². The van der Waals surface area contributed by atoms with Crippen LogP contribution in [0.5, 0.6) is 0 Å². The molecule has 1 rings (SSSR count). The molecule has 0 aliphatic carbocycles. The van der Waals surface area contributed by atoms with Crippen molar-refractivity contribution in [2.75, 3.05) is 6.61 Å². The van der Waals surface area contributed by atoms with Crippen LogP contribution in [-0.2, 0) is 23.8 Å². The Hall–Kier alpha value is -1.10. The van der Waals surface area contributed by atoms with E-state index in [-0.39, 0.29) is 42.1 Å². The fraction of sp³-hybridized carbons (Fsp3) is 0.882. The highest BCUT2D eigenvalue weighted by Crippen LogP contribution is 2.33. The maximum atomic E-state index is 11.8. The van der Waals surface area contributed by atoms with Crippen LogP contribution in [-0.4, -0.2) is 36.9 Å². The predicted octanol–water partition coefficient (Wildman–Crippen LogP) is 3.10. The Bertz CT molecular complexity index is 368. The molecule has 0 saturated carbocycles. The predicted molar refractivity (Wildman–Crippen MR) is 83.3 cm³/mol. The summed E-state index contributed by atoms with van der Waals surface area (Å²) < 4.78 is 16.6. The zero-order valence-corrected chi connectivity index (χ0v) is 14.5. The number of carbonyl (C=O) groups is 2. The third-order valence-electron chi connectivity index (χ3n) is 4.36. The lowest BCUT2D eigenvalue weighted by Gasteiger charge is -2.28. The van der Waals surface area contributed by atoms with E-state index in [0.29, 0.717) is 6.61 Å². The smallest absolute Gasteiger partial charge is 0.311 e. The molecule has 0 spiro atoms. The number of ether oxygens (including phenoxy) is 3. The minimum absolute atomic E-state index is 0.0257. The van der Waals surface area contributed by atoms with Crippen LogP contribution in [0.1, 0.15) is 60.3 Å². The molecule has 22 heavy (non-hydrogen) atoms. The molecular formula is C17H30O5. The van der Waals surface area contributed by atoms with E-state index in [1.165, 1.54) is 6.92 Å². The van der Waals surface area contributed by atoms with Gasteiger partial charge in [0.25, 0.3) is 0 Å². The number of hydrogen-bond donors (Lipinski definition) is 0. The minimum Gasteiger partial charge on any atom is -0.466 e. The lowest BCUT2D eigenvalue weighted by Crippen LogP contribution is -2.34. The van der Waals surface area contributed by atoms with Crippen molar-refractivity contribution in [3.63, 3.8) is 0 Å². The Kier molecular flexibility index (Phi) is 7.87. The molecule has 5 heteroatoms. The van der Waals surface area contributed by atoms with E-state index in [0.717, 1.165) is 25.7 Å². The molecule has 0 aromatic heterocycles. The van der Waals surface area contributed by atoms with Crippen molar-refractivity contribution in [3.05, 3.63) is 0 Å². The largest absolute Gasteiger partial charge is 0.466 e. The molecule has 128 valence electrons. The van der Waals surface area contributed by atoms with Crippen LogP contribution < -0.4 is 0 Å². The topological polar surface area (TPSA) is 61.8 Å². The summed E-state index contributed by atoms with van der Waals surface area (Å²) in [6, 6.07) is 0. The van der Waals surface area contributed by atoms with Gasteiger partial charge in [0, 0.05) is 12.8 Å². The highest BCUT2D eigenvalue weighted by Gasteiger charge is 2.38. The lowest BCUT2D eigenvalue weighted by atomic mass is 9.92. The minimum atomic E-state index is -0.254. The normalized spacial score (nSPS) is 25.3. The van der Waals surface area contributed by atoms with Crippen LogP contribution in [0, 0.1) is 11.8 Å². The molecule has 1 aliphatic heterocycles. The van der Waals surface area contributed by atoms with E-state index in [9.17, 15) is 9.59 Å². The Morgan fingerprint density at radius 3 is 2.36 bits per heavy atom. The van der Waals surface area contributed by atoms with Crippen molar-refractivity contribution in [1.29, 1.82) is 0 Å². The van der Waals surface area contributed by atoms with Crippen molar-refractivity contribution >= 4 is 11.9 Å². The molecule has 5 atom stereocenters. The Morgan fingerprint density at radius 1 is 1.18 bits per heavy atom. The summed E-state index contributed by atoms with van der Waals surface area (Å²) in [5.41, 5.74) is 0. The van der Waals surface area contributed by atoms with Gasteiger partial charge in [-0.3, -0.25) is 9.59 Å². The molecule has 1 fully saturated rings. The van der Waals surface area contributed by atoms with Crippen LogP contribution in [0.4, 0.5) is 0 Å². The summed E-state index contributed by atoms with van der Waals surface area (Å²) in [5.74, 6) is -0.579. The van der Waals surface area contributed by atoms with Crippen LogP contribution in [0.15, 0.2) is 0 Å². The third kappa shape index (κ3) is 5.27. The van der Waals surface area contributed by atoms with Gasteiger partial charge in [0.05, 0.1) is 24.7 Å². The Morgan fingerprint density at radius 2 is 1.82 bits per heavy atom. The van der Waals surface area contributed by atoms with Gasteiger partial charge in [0.2, 0.25) is 0 Å². The zero-order chi connectivity index (χ0) is 16.7. The van der Waals surface area contributed by atoms with E-state index in [1.807, 2.05) is 6.92 Å². The highest BCUT2D eigenvalue weighted by molar-refractivity contribution is 5.72. The van der Waals surface area contributed by atoms with Gasteiger partial charge >= 0.3 is 11.9 Å². The second-order valence-electron chi connectivity index (χ2n) is 6.13. The first-order valence-electron chi connectivity index (χ1n) is 8.39. The Labute approximate surface area is 133 Å². The summed E-state index contributed by atoms with van der Waals surface area (Å²) in [5, 5.41) is 0. The van der Waals surface area contributed by atoms with Crippen molar-refractivity contribution in [3.8, 4) is 0 Å². The average Bonchev–Trinajstić information content (AvgIpc) is 2.94. The van der Waals surface area contributed by atoms with Crippen molar-refractivity contribution in [2.45, 2.75) is 78.6 Å². The molecule has 1 saturated heterocycles. The van der Waals surface area contributed by atoms with Crippen LogP contribution >= 0.6 is 0 Å². The molecule has 1 aliphatic rings. The maximum Gasteiger partial charge on any atom is 0.311 e. The number of carbonyl (C=O) groups excluding carboxylic acids is 2. The van der Waals surface area contributed by atoms with E-state index in [2.05, 4.69) is 13.8 Å². The van der Waals surface area contributed by atoms with E-state index >= 15 is 0 Å². The summed E-state index contributed by atoms with van der Waals surface area (Å²) >= 11 is 0. The van der Waals surface area contributed by atoms with Crippen molar-refractivity contribution in [1.82, 2.24) is 0 Å². The lowest BCUT2D eigenvalue weighted by molar-refractivity contribution is -0.156. The zero-order valence-electron chi connectivity index (χ0n) is 14.5. The molecule has 0 radical (unpaired) electrons. The molecule has 0 amide bonds. The van der Waals surface area contributed by atoms with Gasteiger partial charge < -0.3 is 14.2 Å². The molecular weight excluding hydrogens is 284 g/mol. The maximum absolute atomic E-state index is 11.8. The summed E-state index contributed by atoms with van der Waals surface area (Å²) in [4.78, 5) is 23.1. The van der Waals surface area contributed by atoms with Gasteiger partial charge in [-0.25, -0.2) is 0 Å². The molecule has 5 nitrogen and oxygen atoms in total. The number of hydrogen-bond acceptors (Lipinski definition) is 5. The van der Waals surface area contributed by atoms with Gasteiger partial charge in [0.1, 0.15) is 6.10 Å². The molecule has 0 aromatic carbocycles. The monoisotopic (exact) mass is 314 g/mol. The van der Waals surface area contributed by atoms with E-state index in [1.54, 1.807) is 6.92 Å². The Balaban J connectivity index is 2.59. The molecule has 0 unspecified atom stereocenters. The molecule has 0 bridgehead atoms. The van der Waals surface area contributed by atoms with Crippen molar-refractivity contribution < 1.29 is 23.8 Å². The summed E-state index contributed by atoms with van der Waals surface area (Å²) in [6.07, 6.45) is 3.31. The highest BCUT2D eigenvalue weighted by atomic mass is 16.6. The fourth-order valence-electron chi connectivity index (χ4n) is 3.04. The summed E-state index contributed by atoms with van der Waals surface area (Å²) in [6.45, 7) is 9.62. The van der Waals surface area contributed by atoms with Gasteiger partial charge in [-0.15, -0.1) is 0 Å².